The van der Waals surface area contributed by atoms with Crippen molar-refractivity contribution in [3.63, 3.8) is 0 Å². The number of hydrogen-bond acceptors (Lipinski definition) is 4. The minimum atomic E-state index is -0.0929. The fourth-order valence-corrected chi connectivity index (χ4v) is 3.93. The van der Waals surface area contributed by atoms with Gasteiger partial charge in [-0.2, -0.15) is 5.10 Å². The first-order valence-corrected chi connectivity index (χ1v) is 9.03. The Labute approximate surface area is 144 Å². The number of carbonyl (C=O) groups excluding carboxylic acids is 1. The van der Waals surface area contributed by atoms with Gasteiger partial charge in [0.1, 0.15) is 0 Å². The topological polar surface area (TPSA) is 56.2 Å². The van der Waals surface area contributed by atoms with Crippen molar-refractivity contribution >= 4 is 33.0 Å². The van der Waals surface area contributed by atoms with Crippen molar-refractivity contribution in [1.29, 1.82) is 0 Å². The molecular weight excluding hydrogens is 322 g/mol. The molecule has 0 radical (unpaired) electrons. The number of anilines is 1. The molecule has 0 unspecified atom stereocenters. The van der Waals surface area contributed by atoms with E-state index in [9.17, 15) is 4.79 Å². The van der Waals surface area contributed by atoms with Crippen molar-refractivity contribution in [3.05, 3.63) is 47.6 Å². The first-order chi connectivity index (χ1) is 11.8. The molecule has 1 aliphatic heterocycles. The molecule has 1 aliphatic rings. The summed E-state index contributed by atoms with van der Waals surface area (Å²) in [5, 5.41) is 8.34. The number of nitrogens with one attached hydrogen (secondary N) is 1. The molecule has 4 rings (SSSR count). The van der Waals surface area contributed by atoms with Crippen LogP contribution in [0.25, 0.3) is 10.1 Å². The van der Waals surface area contributed by atoms with Crippen molar-refractivity contribution in [2.24, 2.45) is 0 Å². The quantitative estimate of drug-likeness (QED) is 0.782. The first kappa shape index (κ1) is 15.4. The third-order valence-electron chi connectivity index (χ3n) is 4.21. The summed E-state index contributed by atoms with van der Waals surface area (Å²) in [7, 11) is 0. The average molecular weight is 341 g/mol. The summed E-state index contributed by atoms with van der Waals surface area (Å²) >= 11 is 1.50. The Balaban J connectivity index is 1.42. The van der Waals surface area contributed by atoms with Crippen molar-refractivity contribution in [2.75, 3.05) is 11.9 Å². The van der Waals surface area contributed by atoms with E-state index in [1.165, 1.54) is 17.8 Å². The number of thiophene rings is 1. The van der Waals surface area contributed by atoms with Crippen LogP contribution >= 0.6 is 11.3 Å². The number of rotatable bonds is 4. The zero-order valence-corrected chi connectivity index (χ0v) is 14.1. The lowest BCUT2D eigenvalue weighted by Crippen LogP contribution is -2.24. The van der Waals surface area contributed by atoms with Gasteiger partial charge < -0.3 is 10.1 Å². The van der Waals surface area contributed by atoms with E-state index in [4.69, 9.17) is 4.74 Å². The lowest BCUT2D eigenvalue weighted by Gasteiger charge is -2.22. The van der Waals surface area contributed by atoms with E-state index < -0.39 is 0 Å². The second-order valence-electron chi connectivity index (χ2n) is 6.04. The molecule has 1 amide bonds. The van der Waals surface area contributed by atoms with Crippen LogP contribution in [0.5, 0.6) is 0 Å². The predicted molar refractivity (Wildman–Crippen MR) is 95.6 cm³/mol. The van der Waals surface area contributed by atoms with E-state index in [1.807, 2.05) is 41.2 Å². The van der Waals surface area contributed by atoms with E-state index in [-0.39, 0.29) is 12.0 Å². The first-order valence-electron chi connectivity index (χ1n) is 8.22. The average Bonchev–Trinajstić information content (AvgIpc) is 3.22. The summed E-state index contributed by atoms with van der Waals surface area (Å²) in [5.41, 5.74) is 0.716. The standard InChI is InChI=1S/C18H19N3O2S/c22-18(17-9-13-5-1-2-7-16(13)24-17)20-14-10-19-21(11-14)12-15-6-3-4-8-23-15/h1-2,5,7,9-11,15H,3-4,6,8,12H2,(H,20,22)/t15-/m0/s1. The molecular formula is C18H19N3O2S. The van der Waals surface area contributed by atoms with Crippen molar-refractivity contribution in [3.8, 4) is 0 Å². The van der Waals surface area contributed by atoms with Crippen LogP contribution in [0.4, 0.5) is 5.69 Å². The van der Waals surface area contributed by atoms with Crippen molar-refractivity contribution < 1.29 is 9.53 Å². The van der Waals surface area contributed by atoms with Crippen LogP contribution in [0.2, 0.25) is 0 Å². The summed E-state index contributed by atoms with van der Waals surface area (Å²) in [5.74, 6) is -0.0929. The number of ether oxygens (including phenoxy) is 1. The number of fused-ring (bicyclic) bond motifs is 1. The summed E-state index contributed by atoms with van der Waals surface area (Å²) < 4.78 is 8.69. The SMILES string of the molecule is O=C(Nc1cnn(C[C@@H]2CCCCO2)c1)c1cc2ccccc2s1. The van der Waals surface area contributed by atoms with Crippen LogP contribution in [0.1, 0.15) is 28.9 Å². The monoisotopic (exact) mass is 341 g/mol. The molecule has 1 saturated heterocycles. The molecule has 1 N–H and O–H groups in total. The van der Waals surface area contributed by atoms with Crippen LogP contribution in [0.3, 0.4) is 0 Å². The molecule has 124 valence electrons. The lowest BCUT2D eigenvalue weighted by atomic mass is 10.1. The predicted octanol–water partition coefficient (Wildman–Crippen LogP) is 3.92. The summed E-state index contributed by atoms with van der Waals surface area (Å²) in [4.78, 5) is 13.1. The van der Waals surface area contributed by atoms with E-state index >= 15 is 0 Å². The largest absolute Gasteiger partial charge is 0.376 e. The third kappa shape index (κ3) is 3.34. The highest BCUT2D eigenvalue weighted by Crippen LogP contribution is 2.26. The van der Waals surface area contributed by atoms with Crippen LogP contribution in [-0.2, 0) is 11.3 Å². The van der Waals surface area contributed by atoms with Crippen LogP contribution in [-0.4, -0.2) is 28.4 Å². The number of hydrogen-bond donors (Lipinski definition) is 1. The third-order valence-corrected chi connectivity index (χ3v) is 5.32. The van der Waals surface area contributed by atoms with Gasteiger partial charge in [0.2, 0.25) is 0 Å². The molecule has 24 heavy (non-hydrogen) atoms. The number of nitrogens with zero attached hydrogens (tertiary/aromatic N) is 2. The van der Waals surface area contributed by atoms with E-state index in [2.05, 4.69) is 10.4 Å². The summed E-state index contributed by atoms with van der Waals surface area (Å²) in [6.07, 6.45) is 7.21. The highest BCUT2D eigenvalue weighted by Gasteiger charge is 2.16. The van der Waals surface area contributed by atoms with E-state index in [0.717, 1.165) is 36.1 Å². The zero-order valence-electron chi connectivity index (χ0n) is 13.3. The Morgan fingerprint density at radius 1 is 1.38 bits per heavy atom. The van der Waals surface area contributed by atoms with Crippen LogP contribution in [0, 0.1) is 0 Å². The molecule has 1 aromatic carbocycles. The van der Waals surface area contributed by atoms with Gasteiger partial charge in [-0.15, -0.1) is 11.3 Å². The minimum Gasteiger partial charge on any atom is -0.376 e. The number of carbonyl (C=O) groups is 1. The minimum absolute atomic E-state index is 0.0929. The number of aromatic nitrogens is 2. The number of amides is 1. The Bertz CT molecular complexity index is 816. The van der Waals surface area contributed by atoms with E-state index in [0.29, 0.717) is 10.6 Å². The van der Waals surface area contributed by atoms with Gasteiger partial charge in [0.05, 0.1) is 29.4 Å². The van der Waals surface area contributed by atoms with Gasteiger partial charge in [-0.1, -0.05) is 18.2 Å². The Morgan fingerprint density at radius 2 is 2.29 bits per heavy atom. The van der Waals surface area contributed by atoms with Gasteiger partial charge in [0.15, 0.2) is 0 Å². The molecule has 1 fully saturated rings. The molecule has 6 heteroatoms. The van der Waals surface area contributed by atoms with Gasteiger partial charge in [-0.25, -0.2) is 0 Å². The smallest absolute Gasteiger partial charge is 0.265 e. The fraction of sp³-hybridized carbons (Fsp3) is 0.333. The lowest BCUT2D eigenvalue weighted by molar-refractivity contribution is 0.00401. The molecule has 3 heterocycles. The number of benzene rings is 1. The molecule has 0 aliphatic carbocycles. The Hall–Kier alpha value is -2.18. The summed E-state index contributed by atoms with van der Waals surface area (Å²) in [6, 6.07) is 9.94. The highest BCUT2D eigenvalue weighted by atomic mass is 32.1. The molecule has 0 bridgehead atoms. The Morgan fingerprint density at radius 3 is 3.12 bits per heavy atom. The molecule has 0 saturated carbocycles. The molecule has 5 nitrogen and oxygen atoms in total. The van der Waals surface area contributed by atoms with Gasteiger partial charge in [-0.05, 0) is 36.8 Å². The van der Waals surface area contributed by atoms with Crippen molar-refractivity contribution in [2.45, 2.75) is 31.9 Å². The maximum atomic E-state index is 12.4. The summed E-state index contributed by atoms with van der Waals surface area (Å²) in [6.45, 7) is 1.57. The molecule has 1 atom stereocenters. The van der Waals surface area contributed by atoms with Crippen LogP contribution in [0.15, 0.2) is 42.7 Å². The molecule has 0 spiro atoms. The van der Waals surface area contributed by atoms with Gasteiger partial charge in [0.25, 0.3) is 5.91 Å². The molecule has 3 aromatic rings. The maximum absolute atomic E-state index is 12.4. The second kappa shape index (κ2) is 6.75. The fourth-order valence-electron chi connectivity index (χ4n) is 2.97. The van der Waals surface area contributed by atoms with E-state index in [1.54, 1.807) is 6.20 Å². The van der Waals surface area contributed by atoms with Gasteiger partial charge in [0, 0.05) is 17.5 Å². The van der Waals surface area contributed by atoms with Gasteiger partial charge >= 0.3 is 0 Å². The van der Waals surface area contributed by atoms with Crippen molar-refractivity contribution in [1.82, 2.24) is 9.78 Å². The van der Waals surface area contributed by atoms with Gasteiger partial charge in [-0.3, -0.25) is 9.48 Å². The maximum Gasteiger partial charge on any atom is 0.265 e. The normalized spacial score (nSPS) is 17.9. The second-order valence-corrected chi connectivity index (χ2v) is 7.13. The zero-order chi connectivity index (χ0) is 16.4. The highest BCUT2D eigenvalue weighted by molar-refractivity contribution is 7.20. The Kier molecular flexibility index (Phi) is 4.32. The molecule has 2 aromatic heterocycles. The van der Waals surface area contributed by atoms with Crippen LogP contribution < -0.4 is 5.32 Å².